The minimum atomic E-state index is 0.225. The minimum absolute atomic E-state index is 0.225. The summed E-state index contributed by atoms with van der Waals surface area (Å²) in [6.45, 7) is 11.3. The Kier molecular flexibility index (Phi) is 5.46. The molecule has 1 saturated heterocycles. The second-order valence-electron chi connectivity index (χ2n) is 7.52. The fourth-order valence-corrected chi connectivity index (χ4v) is 3.48. The van der Waals surface area contributed by atoms with E-state index in [1.54, 1.807) is 0 Å². The number of likely N-dealkylation sites (N-methyl/N-ethyl adjacent to an activating group) is 1. The Labute approximate surface area is 125 Å². The molecule has 2 fully saturated rings. The zero-order valence-corrected chi connectivity index (χ0v) is 13.9. The first-order valence-corrected chi connectivity index (χ1v) is 8.31. The van der Waals surface area contributed by atoms with Crippen LogP contribution in [0.5, 0.6) is 0 Å². The van der Waals surface area contributed by atoms with E-state index in [-0.39, 0.29) is 5.54 Å². The first kappa shape index (κ1) is 16.2. The van der Waals surface area contributed by atoms with Crippen LogP contribution >= 0.6 is 0 Å². The summed E-state index contributed by atoms with van der Waals surface area (Å²) in [5.41, 5.74) is 6.48. The normalized spacial score (nSPS) is 28.2. The van der Waals surface area contributed by atoms with Crippen molar-refractivity contribution in [2.45, 2.75) is 44.7 Å². The van der Waals surface area contributed by atoms with Gasteiger partial charge >= 0.3 is 0 Å². The lowest BCUT2D eigenvalue weighted by Gasteiger charge is -2.42. The molecule has 1 aliphatic heterocycles. The third kappa shape index (κ3) is 3.94. The predicted octanol–water partition coefficient (Wildman–Crippen LogP) is 1.07. The summed E-state index contributed by atoms with van der Waals surface area (Å²) in [7, 11) is 4.32. The maximum Gasteiger partial charge on any atom is 0.0471 e. The number of nitrogens with zero attached hydrogens (tertiary/aromatic N) is 3. The molecule has 1 unspecified atom stereocenters. The van der Waals surface area contributed by atoms with Crippen molar-refractivity contribution < 1.29 is 0 Å². The van der Waals surface area contributed by atoms with E-state index in [4.69, 9.17) is 5.73 Å². The maximum absolute atomic E-state index is 6.25. The molecule has 4 nitrogen and oxygen atoms in total. The third-order valence-electron chi connectivity index (χ3n) is 4.88. The molecule has 2 N–H and O–H groups in total. The lowest BCUT2D eigenvalue weighted by molar-refractivity contribution is 0.0770. The van der Waals surface area contributed by atoms with Crippen LogP contribution < -0.4 is 5.73 Å². The molecule has 0 bridgehead atoms. The van der Waals surface area contributed by atoms with Gasteiger partial charge in [-0.2, -0.15) is 0 Å². The highest BCUT2D eigenvalue weighted by atomic mass is 15.3. The molecule has 0 radical (unpaired) electrons. The van der Waals surface area contributed by atoms with Gasteiger partial charge in [-0.3, -0.25) is 9.80 Å². The minimum Gasteiger partial charge on any atom is -0.329 e. The molecule has 0 spiro atoms. The molecule has 1 saturated carbocycles. The second-order valence-corrected chi connectivity index (χ2v) is 7.52. The molecule has 1 heterocycles. The summed E-state index contributed by atoms with van der Waals surface area (Å²) in [5, 5.41) is 0. The van der Waals surface area contributed by atoms with E-state index in [1.807, 2.05) is 0 Å². The van der Waals surface area contributed by atoms with Gasteiger partial charge in [-0.05, 0) is 39.3 Å². The molecule has 0 aromatic heterocycles. The van der Waals surface area contributed by atoms with Gasteiger partial charge in [-0.25, -0.2) is 0 Å². The van der Waals surface area contributed by atoms with Crippen molar-refractivity contribution in [3.63, 3.8) is 0 Å². The van der Waals surface area contributed by atoms with Gasteiger partial charge in [-0.15, -0.1) is 0 Å². The van der Waals surface area contributed by atoms with Crippen LogP contribution in [0.25, 0.3) is 0 Å². The van der Waals surface area contributed by atoms with E-state index >= 15 is 0 Å². The Morgan fingerprint density at radius 3 is 2.45 bits per heavy atom. The van der Waals surface area contributed by atoms with Crippen molar-refractivity contribution in [3.8, 4) is 0 Å². The van der Waals surface area contributed by atoms with Gasteiger partial charge in [0.1, 0.15) is 0 Å². The number of nitrogens with two attached hydrogens (primary N) is 1. The number of hydrogen-bond donors (Lipinski definition) is 1. The highest BCUT2D eigenvalue weighted by Crippen LogP contribution is 2.36. The molecule has 2 aliphatic rings. The maximum atomic E-state index is 6.25. The van der Waals surface area contributed by atoms with Crippen LogP contribution in [0.15, 0.2) is 0 Å². The van der Waals surface area contributed by atoms with Gasteiger partial charge in [0.05, 0.1) is 0 Å². The van der Waals surface area contributed by atoms with E-state index in [2.05, 4.69) is 42.6 Å². The van der Waals surface area contributed by atoms with Crippen molar-refractivity contribution in [3.05, 3.63) is 0 Å². The van der Waals surface area contributed by atoms with Gasteiger partial charge in [0.15, 0.2) is 0 Å². The fourth-order valence-electron chi connectivity index (χ4n) is 3.48. The Morgan fingerprint density at radius 2 is 1.95 bits per heavy atom. The molecular weight excluding hydrogens is 248 g/mol. The molecule has 0 aromatic carbocycles. The van der Waals surface area contributed by atoms with Crippen LogP contribution in [0.1, 0.15) is 33.1 Å². The lowest BCUT2D eigenvalue weighted by Crippen LogP contribution is -2.58. The zero-order chi connectivity index (χ0) is 14.8. The molecule has 1 aliphatic carbocycles. The summed E-state index contributed by atoms with van der Waals surface area (Å²) in [5.74, 6) is 0.704. The average molecular weight is 282 g/mol. The Hall–Kier alpha value is -0.160. The smallest absolute Gasteiger partial charge is 0.0471 e. The SMILES string of the molecule is CC(C)CN(CCN(C)C)C1(CN)CCN(C2CC2)C1. The molecule has 118 valence electrons. The van der Waals surface area contributed by atoms with Crippen molar-refractivity contribution in [2.75, 3.05) is 53.4 Å². The van der Waals surface area contributed by atoms with Crippen LogP contribution in [0.4, 0.5) is 0 Å². The van der Waals surface area contributed by atoms with Crippen molar-refractivity contribution in [1.29, 1.82) is 0 Å². The topological polar surface area (TPSA) is 35.7 Å². The standard InChI is InChI=1S/C16H34N4/c1-14(2)11-20(10-9-18(3)4)16(12-17)7-8-19(13-16)15-5-6-15/h14-15H,5-13,17H2,1-4H3. The molecule has 0 amide bonds. The monoisotopic (exact) mass is 282 g/mol. The van der Waals surface area contributed by atoms with Gasteiger partial charge in [0.2, 0.25) is 0 Å². The summed E-state index contributed by atoms with van der Waals surface area (Å²) >= 11 is 0. The average Bonchev–Trinajstić information content (AvgIpc) is 3.14. The third-order valence-corrected chi connectivity index (χ3v) is 4.88. The van der Waals surface area contributed by atoms with E-state index in [1.165, 1.54) is 38.9 Å². The van der Waals surface area contributed by atoms with Crippen LogP contribution in [0, 0.1) is 5.92 Å². The van der Waals surface area contributed by atoms with Gasteiger partial charge in [0, 0.05) is 50.8 Å². The van der Waals surface area contributed by atoms with Crippen LogP contribution in [0.2, 0.25) is 0 Å². The van der Waals surface area contributed by atoms with E-state index in [0.717, 1.165) is 25.7 Å². The molecular formula is C16H34N4. The van der Waals surface area contributed by atoms with E-state index in [9.17, 15) is 0 Å². The number of rotatable bonds is 8. The van der Waals surface area contributed by atoms with Crippen molar-refractivity contribution in [1.82, 2.24) is 14.7 Å². The summed E-state index contributed by atoms with van der Waals surface area (Å²) in [6.07, 6.45) is 4.06. The molecule has 20 heavy (non-hydrogen) atoms. The van der Waals surface area contributed by atoms with E-state index < -0.39 is 0 Å². The van der Waals surface area contributed by atoms with Crippen LogP contribution in [-0.2, 0) is 0 Å². The largest absolute Gasteiger partial charge is 0.329 e. The zero-order valence-electron chi connectivity index (χ0n) is 13.9. The predicted molar refractivity (Wildman–Crippen MR) is 86.0 cm³/mol. The molecule has 2 rings (SSSR count). The summed E-state index contributed by atoms with van der Waals surface area (Å²) < 4.78 is 0. The Balaban J connectivity index is 2.02. The Bertz CT molecular complexity index is 301. The fraction of sp³-hybridized carbons (Fsp3) is 1.00. The van der Waals surface area contributed by atoms with Crippen molar-refractivity contribution >= 4 is 0 Å². The molecule has 1 atom stereocenters. The highest BCUT2D eigenvalue weighted by molar-refractivity contribution is 5.03. The number of likely N-dealkylation sites (tertiary alicyclic amines) is 1. The molecule has 4 heteroatoms. The molecule has 0 aromatic rings. The Morgan fingerprint density at radius 1 is 1.25 bits per heavy atom. The number of hydrogen-bond acceptors (Lipinski definition) is 4. The highest BCUT2D eigenvalue weighted by Gasteiger charge is 2.45. The van der Waals surface area contributed by atoms with Crippen LogP contribution in [-0.4, -0.2) is 79.6 Å². The van der Waals surface area contributed by atoms with Gasteiger partial charge in [-0.1, -0.05) is 13.8 Å². The van der Waals surface area contributed by atoms with Crippen LogP contribution in [0.3, 0.4) is 0 Å². The second kappa shape index (κ2) is 6.73. The lowest BCUT2D eigenvalue weighted by atomic mass is 9.94. The quantitative estimate of drug-likeness (QED) is 0.722. The summed E-state index contributed by atoms with van der Waals surface area (Å²) in [6, 6.07) is 0.873. The van der Waals surface area contributed by atoms with E-state index in [0.29, 0.717) is 5.92 Å². The summed E-state index contributed by atoms with van der Waals surface area (Å²) in [4.78, 5) is 7.67. The first-order chi connectivity index (χ1) is 9.47. The van der Waals surface area contributed by atoms with Gasteiger partial charge < -0.3 is 10.6 Å². The van der Waals surface area contributed by atoms with Crippen molar-refractivity contribution in [2.24, 2.45) is 11.7 Å². The van der Waals surface area contributed by atoms with Gasteiger partial charge in [0.25, 0.3) is 0 Å². The first-order valence-electron chi connectivity index (χ1n) is 8.31.